The Morgan fingerprint density at radius 1 is 1.03 bits per heavy atom. The molecule has 178 valence electrons. The Morgan fingerprint density at radius 2 is 1.88 bits per heavy atom. The van der Waals surface area contributed by atoms with Crippen molar-refractivity contribution in [2.24, 2.45) is 5.92 Å². The van der Waals surface area contributed by atoms with Gasteiger partial charge in [-0.3, -0.25) is 0 Å². The number of likely N-dealkylation sites (N-methyl/N-ethyl adjacent to an activating group) is 1. The standard InChI is InChI=1S/C26H33N7S/c1-31-11-13-32(14-12-31)25-10-9-24-27-18-21(33(24)30-25)15-20-7-8-22-23(16-20)34-26(29-22)28-17-19-5-3-2-4-6-19/h7-10,16,18-19H,2-6,11-15,17H2,1H3,(H,28,29). The molecule has 2 aliphatic rings. The molecule has 1 aliphatic heterocycles. The maximum atomic E-state index is 4.96. The predicted octanol–water partition coefficient (Wildman–Crippen LogP) is 4.67. The van der Waals surface area contributed by atoms with Crippen LogP contribution >= 0.6 is 11.3 Å². The van der Waals surface area contributed by atoms with E-state index in [4.69, 9.17) is 10.1 Å². The maximum Gasteiger partial charge on any atom is 0.183 e. The number of hydrogen-bond donors (Lipinski definition) is 1. The normalized spacial score (nSPS) is 18.2. The minimum Gasteiger partial charge on any atom is -0.361 e. The second-order valence-corrected chi connectivity index (χ2v) is 10.9. The Labute approximate surface area is 204 Å². The second kappa shape index (κ2) is 9.50. The molecule has 1 saturated heterocycles. The van der Waals surface area contributed by atoms with Gasteiger partial charge >= 0.3 is 0 Å². The molecule has 7 nitrogen and oxygen atoms in total. The predicted molar refractivity (Wildman–Crippen MR) is 140 cm³/mol. The summed E-state index contributed by atoms with van der Waals surface area (Å²) >= 11 is 1.77. The first kappa shape index (κ1) is 21.8. The van der Waals surface area contributed by atoms with Crippen molar-refractivity contribution in [2.45, 2.75) is 38.5 Å². The average molecular weight is 476 g/mol. The van der Waals surface area contributed by atoms with Gasteiger partial charge in [0.2, 0.25) is 0 Å². The van der Waals surface area contributed by atoms with E-state index in [2.05, 4.69) is 57.5 Å². The molecule has 0 bridgehead atoms. The van der Waals surface area contributed by atoms with E-state index in [0.29, 0.717) is 0 Å². The molecule has 2 fully saturated rings. The van der Waals surface area contributed by atoms with Crippen molar-refractivity contribution >= 4 is 38.2 Å². The number of imidazole rings is 1. The lowest BCUT2D eigenvalue weighted by atomic mass is 9.89. The SMILES string of the molecule is CN1CCN(c2ccc3ncc(Cc4ccc5nc(NCC6CCCCC6)sc5c4)n3n2)CC1. The summed E-state index contributed by atoms with van der Waals surface area (Å²) in [7, 11) is 2.18. The minimum atomic E-state index is 0.801. The lowest BCUT2D eigenvalue weighted by molar-refractivity contribution is 0.311. The fourth-order valence-electron chi connectivity index (χ4n) is 5.22. The number of nitrogens with zero attached hydrogens (tertiary/aromatic N) is 6. The van der Waals surface area contributed by atoms with Gasteiger partial charge in [-0.05, 0) is 55.6 Å². The molecular formula is C26H33N7S. The van der Waals surface area contributed by atoms with Gasteiger partial charge in [-0.25, -0.2) is 14.5 Å². The largest absolute Gasteiger partial charge is 0.361 e. The molecule has 0 radical (unpaired) electrons. The fraction of sp³-hybridized carbons (Fsp3) is 0.500. The Bertz CT molecular complexity index is 1260. The first-order valence-electron chi connectivity index (χ1n) is 12.6. The Balaban J connectivity index is 1.18. The number of hydrogen-bond acceptors (Lipinski definition) is 7. The van der Waals surface area contributed by atoms with Gasteiger partial charge in [0.15, 0.2) is 10.8 Å². The summed E-state index contributed by atoms with van der Waals surface area (Å²) < 4.78 is 3.25. The third kappa shape index (κ3) is 4.61. The van der Waals surface area contributed by atoms with E-state index in [1.807, 2.05) is 10.7 Å². The molecule has 1 saturated carbocycles. The van der Waals surface area contributed by atoms with E-state index in [0.717, 1.165) is 72.9 Å². The number of thiazole rings is 1. The number of aromatic nitrogens is 4. The summed E-state index contributed by atoms with van der Waals surface area (Å²) in [5.74, 6) is 1.83. The lowest BCUT2D eigenvalue weighted by Crippen LogP contribution is -2.44. The Morgan fingerprint density at radius 3 is 2.74 bits per heavy atom. The summed E-state index contributed by atoms with van der Waals surface area (Å²) in [6, 6.07) is 10.8. The van der Waals surface area contributed by atoms with Gasteiger partial charge in [0, 0.05) is 39.1 Å². The van der Waals surface area contributed by atoms with Gasteiger partial charge in [-0.15, -0.1) is 5.10 Å². The number of piperazine rings is 1. The van der Waals surface area contributed by atoms with Crippen molar-refractivity contribution in [2.75, 3.05) is 50.0 Å². The molecule has 0 unspecified atom stereocenters. The van der Waals surface area contributed by atoms with Crippen molar-refractivity contribution in [3.63, 3.8) is 0 Å². The zero-order valence-corrected chi connectivity index (χ0v) is 20.7. The molecule has 0 amide bonds. The van der Waals surface area contributed by atoms with Crippen LogP contribution in [0.25, 0.3) is 15.9 Å². The van der Waals surface area contributed by atoms with Crippen LogP contribution in [0.3, 0.4) is 0 Å². The summed E-state index contributed by atoms with van der Waals surface area (Å²) in [4.78, 5) is 14.2. The van der Waals surface area contributed by atoms with Gasteiger partial charge in [0.05, 0.1) is 22.1 Å². The van der Waals surface area contributed by atoms with E-state index < -0.39 is 0 Å². The second-order valence-electron chi connectivity index (χ2n) is 9.88. The van der Waals surface area contributed by atoms with Gasteiger partial charge in [0.1, 0.15) is 5.82 Å². The summed E-state index contributed by atoms with van der Waals surface area (Å²) in [6.07, 6.45) is 9.63. The van der Waals surface area contributed by atoms with Crippen molar-refractivity contribution < 1.29 is 0 Å². The van der Waals surface area contributed by atoms with E-state index in [1.165, 1.54) is 42.4 Å². The zero-order valence-electron chi connectivity index (χ0n) is 19.9. The first-order chi connectivity index (χ1) is 16.7. The van der Waals surface area contributed by atoms with Crippen LogP contribution in [0.1, 0.15) is 43.4 Å². The number of nitrogens with one attached hydrogen (secondary N) is 1. The summed E-state index contributed by atoms with van der Waals surface area (Å²) in [6.45, 7) is 5.22. The molecule has 34 heavy (non-hydrogen) atoms. The zero-order chi connectivity index (χ0) is 22.9. The highest BCUT2D eigenvalue weighted by Crippen LogP contribution is 2.29. The Kier molecular flexibility index (Phi) is 6.09. The van der Waals surface area contributed by atoms with E-state index in [1.54, 1.807) is 11.3 Å². The topological polar surface area (TPSA) is 61.6 Å². The molecule has 8 heteroatoms. The summed E-state index contributed by atoms with van der Waals surface area (Å²) in [5.41, 5.74) is 4.36. The molecule has 4 aromatic rings. The van der Waals surface area contributed by atoms with Crippen LogP contribution < -0.4 is 10.2 Å². The van der Waals surface area contributed by atoms with Gasteiger partial charge in [-0.2, -0.15) is 0 Å². The monoisotopic (exact) mass is 475 g/mol. The third-order valence-corrected chi connectivity index (χ3v) is 8.33. The van der Waals surface area contributed by atoms with E-state index in [9.17, 15) is 0 Å². The molecule has 1 N–H and O–H groups in total. The van der Waals surface area contributed by atoms with Gasteiger partial charge in [-0.1, -0.05) is 36.7 Å². The molecular weight excluding hydrogens is 442 g/mol. The van der Waals surface area contributed by atoms with Crippen molar-refractivity contribution in [3.8, 4) is 0 Å². The van der Waals surface area contributed by atoms with E-state index >= 15 is 0 Å². The van der Waals surface area contributed by atoms with E-state index in [-0.39, 0.29) is 0 Å². The molecule has 1 aliphatic carbocycles. The maximum absolute atomic E-state index is 4.96. The molecule has 4 heterocycles. The summed E-state index contributed by atoms with van der Waals surface area (Å²) in [5, 5.41) is 9.61. The van der Waals surface area contributed by atoms with Crippen LogP contribution in [0.5, 0.6) is 0 Å². The number of fused-ring (bicyclic) bond motifs is 2. The number of benzene rings is 1. The van der Waals surface area contributed by atoms with Crippen LogP contribution in [-0.2, 0) is 6.42 Å². The number of anilines is 2. The van der Waals surface area contributed by atoms with Crippen LogP contribution in [0.2, 0.25) is 0 Å². The highest BCUT2D eigenvalue weighted by atomic mass is 32.1. The molecule has 6 rings (SSSR count). The van der Waals surface area contributed by atoms with Crippen LogP contribution in [0.4, 0.5) is 10.9 Å². The van der Waals surface area contributed by atoms with Gasteiger partial charge in [0.25, 0.3) is 0 Å². The fourth-order valence-corrected chi connectivity index (χ4v) is 6.16. The quantitative estimate of drug-likeness (QED) is 0.437. The first-order valence-corrected chi connectivity index (χ1v) is 13.4. The van der Waals surface area contributed by atoms with Gasteiger partial charge < -0.3 is 15.1 Å². The average Bonchev–Trinajstić information content (AvgIpc) is 3.47. The van der Waals surface area contributed by atoms with Crippen LogP contribution in [-0.4, -0.2) is 64.3 Å². The van der Waals surface area contributed by atoms with Crippen molar-refractivity contribution in [1.29, 1.82) is 0 Å². The molecule has 3 aromatic heterocycles. The third-order valence-electron chi connectivity index (χ3n) is 7.35. The van der Waals surface area contributed by atoms with Crippen LogP contribution in [0.15, 0.2) is 36.5 Å². The highest BCUT2D eigenvalue weighted by molar-refractivity contribution is 7.22. The Hall–Kier alpha value is -2.71. The highest BCUT2D eigenvalue weighted by Gasteiger charge is 2.17. The van der Waals surface area contributed by atoms with Crippen LogP contribution in [0, 0.1) is 5.92 Å². The lowest BCUT2D eigenvalue weighted by Gasteiger charge is -2.33. The minimum absolute atomic E-state index is 0.801. The number of rotatable bonds is 6. The molecule has 0 atom stereocenters. The van der Waals surface area contributed by atoms with Crippen molar-refractivity contribution in [1.82, 2.24) is 24.5 Å². The smallest absolute Gasteiger partial charge is 0.183 e. The molecule has 1 aromatic carbocycles. The van der Waals surface area contributed by atoms with Crippen molar-refractivity contribution in [3.05, 3.63) is 47.8 Å². The molecule has 0 spiro atoms.